The van der Waals surface area contributed by atoms with Gasteiger partial charge in [0.1, 0.15) is 6.04 Å². The van der Waals surface area contributed by atoms with Crippen LogP contribution in [-0.4, -0.2) is 115 Å². The Morgan fingerprint density at radius 2 is 1.51 bits per heavy atom. The number of benzene rings is 2. The molecule has 0 radical (unpaired) electrons. The average Bonchev–Trinajstić information content (AvgIpc) is 2.92. The van der Waals surface area contributed by atoms with E-state index in [4.69, 9.17) is 0 Å². The van der Waals surface area contributed by atoms with Gasteiger partial charge in [-0.25, -0.2) is 4.79 Å². The fraction of sp³-hybridized carbons (Fsp3) is 0.500. The molecule has 2 aromatic carbocycles. The van der Waals surface area contributed by atoms with Crippen LogP contribution in [0, 0.1) is 0 Å². The van der Waals surface area contributed by atoms with Gasteiger partial charge in [0, 0.05) is 58.4 Å². The Hall–Kier alpha value is -2.88. The summed E-state index contributed by atoms with van der Waals surface area (Å²) in [6.45, 7) is 5.56. The molecule has 0 aromatic heterocycles. The van der Waals surface area contributed by atoms with Gasteiger partial charge in [0.15, 0.2) is 5.12 Å². The van der Waals surface area contributed by atoms with Gasteiger partial charge in [0.25, 0.3) is 0 Å². The van der Waals surface area contributed by atoms with E-state index in [9.17, 15) is 14.4 Å². The molecule has 2 atom stereocenters. The van der Waals surface area contributed by atoms with Crippen LogP contribution in [0.5, 0.6) is 0 Å². The molecule has 212 valence electrons. The van der Waals surface area contributed by atoms with Gasteiger partial charge < -0.3 is 24.9 Å². The smallest absolute Gasteiger partial charge is 0.318 e. The number of nitrogens with one attached hydrogen (secondary N) is 1. The number of carbonyl (C=O) groups is 3. The second-order valence-electron chi connectivity index (χ2n) is 10.5. The van der Waals surface area contributed by atoms with E-state index in [0.717, 1.165) is 24.2 Å². The summed E-state index contributed by atoms with van der Waals surface area (Å²) in [7, 11) is 5.99. The third-order valence-corrected chi connectivity index (χ3v) is 7.89. The molecule has 2 aromatic rings. The SMILES string of the molecule is CC(=O)SCC(CN(C)C)N(CCc1ccccc1)C(=O)NC(Cc1ccccc1)C(=O)N1CCN(C)CC1. The molecule has 0 saturated carbocycles. The average molecular weight is 554 g/mol. The van der Waals surface area contributed by atoms with Crippen molar-refractivity contribution in [3.05, 3.63) is 71.8 Å². The Bertz CT molecular complexity index is 1050. The van der Waals surface area contributed by atoms with Crippen LogP contribution < -0.4 is 5.32 Å². The maximum absolute atomic E-state index is 14.0. The van der Waals surface area contributed by atoms with Crippen LogP contribution >= 0.6 is 11.8 Å². The largest absolute Gasteiger partial charge is 0.338 e. The summed E-state index contributed by atoms with van der Waals surface area (Å²) < 4.78 is 0. The zero-order valence-electron chi connectivity index (χ0n) is 23.7. The second-order valence-corrected chi connectivity index (χ2v) is 11.7. The monoisotopic (exact) mass is 553 g/mol. The number of piperazine rings is 1. The lowest BCUT2D eigenvalue weighted by Gasteiger charge is -2.37. The molecule has 1 saturated heterocycles. The first kappa shape index (κ1) is 30.7. The Morgan fingerprint density at radius 3 is 2.08 bits per heavy atom. The maximum atomic E-state index is 14.0. The first-order chi connectivity index (χ1) is 18.7. The molecule has 1 aliphatic rings. The molecule has 3 amide bonds. The first-order valence-electron chi connectivity index (χ1n) is 13.6. The molecule has 0 aliphatic carbocycles. The lowest BCUT2D eigenvalue weighted by Crippen LogP contribution is -2.59. The first-order valence-corrected chi connectivity index (χ1v) is 14.6. The molecular weight excluding hydrogens is 510 g/mol. The summed E-state index contributed by atoms with van der Waals surface area (Å²) in [4.78, 5) is 47.5. The number of hydrogen-bond donors (Lipinski definition) is 1. The molecule has 39 heavy (non-hydrogen) atoms. The van der Waals surface area contributed by atoms with E-state index in [1.807, 2.05) is 77.3 Å². The molecule has 2 unspecified atom stereocenters. The predicted molar refractivity (Wildman–Crippen MR) is 159 cm³/mol. The number of nitrogens with zero attached hydrogens (tertiary/aromatic N) is 4. The molecule has 0 bridgehead atoms. The van der Waals surface area contributed by atoms with Gasteiger partial charge in [0.05, 0.1) is 6.04 Å². The molecule has 1 fully saturated rings. The fourth-order valence-electron chi connectivity index (χ4n) is 4.75. The van der Waals surface area contributed by atoms with Crippen molar-refractivity contribution in [3.63, 3.8) is 0 Å². The summed E-state index contributed by atoms with van der Waals surface area (Å²) >= 11 is 1.23. The van der Waals surface area contributed by atoms with E-state index < -0.39 is 6.04 Å². The van der Waals surface area contributed by atoms with Crippen LogP contribution in [0.2, 0.25) is 0 Å². The normalized spacial score (nSPS) is 15.6. The summed E-state index contributed by atoms with van der Waals surface area (Å²) in [6.07, 6.45) is 1.10. The van der Waals surface area contributed by atoms with Crippen LogP contribution in [0.4, 0.5) is 4.79 Å². The number of rotatable bonds is 12. The maximum Gasteiger partial charge on any atom is 0.318 e. The Labute approximate surface area is 237 Å². The van der Waals surface area contributed by atoms with E-state index in [0.29, 0.717) is 44.8 Å². The van der Waals surface area contributed by atoms with Crippen molar-refractivity contribution in [1.29, 1.82) is 0 Å². The van der Waals surface area contributed by atoms with E-state index in [2.05, 4.69) is 29.4 Å². The molecule has 1 aliphatic heterocycles. The van der Waals surface area contributed by atoms with Crippen molar-refractivity contribution in [3.8, 4) is 0 Å². The van der Waals surface area contributed by atoms with Crippen LogP contribution in [0.25, 0.3) is 0 Å². The Balaban J connectivity index is 1.84. The van der Waals surface area contributed by atoms with Gasteiger partial charge in [-0.3, -0.25) is 9.59 Å². The number of carbonyl (C=O) groups excluding carboxylic acids is 3. The highest BCUT2D eigenvalue weighted by atomic mass is 32.2. The summed E-state index contributed by atoms with van der Waals surface area (Å²) in [5, 5.41) is 3.14. The van der Waals surface area contributed by atoms with Gasteiger partial charge in [-0.05, 0) is 38.7 Å². The second kappa shape index (κ2) is 15.6. The van der Waals surface area contributed by atoms with Crippen molar-refractivity contribution in [2.24, 2.45) is 0 Å². The highest BCUT2D eigenvalue weighted by molar-refractivity contribution is 8.13. The van der Waals surface area contributed by atoms with Gasteiger partial charge in [-0.2, -0.15) is 0 Å². The van der Waals surface area contributed by atoms with E-state index in [1.54, 1.807) is 6.92 Å². The Kier molecular flexibility index (Phi) is 12.3. The molecule has 8 nitrogen and oxygen atoms in total. The fourth-order valence-corrected chi connectivity index (χ4v) is 5.46. The third kappa shape index (κ3) is 10.3. The van der Waals surface area contributed by atoms with E-state index in [1.165, 1.54) is 11.8 Å². The number of thioether (sulfide) groups is 1. The predicted octanol–water partition coefficient (Wildman–Crippen LogP) is 2.84. The zero-order chi connectivity index (χ0) is 28.2. The highest BCUT2D eigenvalue weighted by Gasteiger charge is 2.32. The Morgan fingerprint density at radius 1 is 0.923 bits per heavy atom. The van der Waals surface area contributed by atoms with E-state index in [-0.39, 0.29) is 23.1 Å². The van der Waals surface area contributed by atoms with Crippen molar-refractivity contribution >= 4 is 28.8 Å². The van der Waals surface area contributed by atoms with Gasteiger partial charge >= 0.3 is 6.03 Å². The lowest BCUT2D eigenvalue weighted by atomic mass is 10.0. The number of urea groups is 1. The number of likely N-dealkylation sites (N-methyl/N-ethyl adjacent to an activating group) is 2. The minimum Gasteiger partial charge on any atom is -0.338 e. The molecule has 1 N–H and O–H groups in total. The topological polar surface area (TPSA) is 76.2 Å². The number of hydrogen-bond acceptors (Lipinski definition) is 6. The minimum absolute atomic E-state index is 0.0226. The van der Waals surface area contributed by atoms with Crippen LogP contribution in [0.3, 0.4) is 0 Å². The van der Waals surface area contributed by atoms with Gasteiger partial charge in [0.2, 0.25) is 5.91 Å². The van der Waals surface area contributed by atoms with Crippen LogP contribution in [-0.2, 0) is 22.4 Å². The zero-order valence-corrected chi connectivity index (χ0v) is 24.5. The molecule has 1 heterocycles. The lowest BCUT2D eigenvalue weighted by molar-refractivity contribution is -0.134. The third-order valence-electron chi connectivity index (χ3n) is 6.93. The van der Waals surface area contributed by atoms with Crippen molar-refractivity contribution < 1.29 is 14.4 Å². The molecular formula is C30H43N5O3S. The van der Waals surface area contributed by atoms with Crippen LogP contribution in [0.1, 0.15) is 18.1 Å². The molecule has 0 spiro atoms. The highest BCUT2D eigenvalue weighted by Crippen LogP contribution is 2.15. The minimum atomic E-state index is -0.678. The summed E-state index contributed by atoms with van der Waals surface area (Å²) in [6, 6.07) is 18.7. The molecule has 9 heteroatoms. The summed E-state index contributed by atoms with van der Waals surface area (Å²) in [5.74, 6) is 0.441. The number of amides is 3. The van der Waals surface area contributed by atoms with E-state index >= 15 is 0 Å². The van der Waals surface area contributed by atoms with Crippen LogP contribution in [0.15, 0.2) is 60.7 Å². The van der Waals surface area contributed by atoms with Gasteiger partial charge in [-0.15, -0.1) is 0 Å². The van der Waals surface area contributed by atoms with Crippen molar-refractivity contribution in [2.45, 2.75) is 31.8 Å². The molecule has 3 rings (SSSR count). The van der Waals surface area contributed by atoms with Crippen molar-refractivity contribution in [1.82, 2.24) is 24.9 Å². The van der Waals surface area contributed by atoms with Crippen molar-refractivity contribution in [2.75, 3.05) is 66.2 Å². The summed E-state index contributed by atoms with van der Waals surface area (Å²) in [5.41, 5.74) is 2.13. The van der Waals surface area contributed by atoms with Gasteiger partial charge in [-0.1, -0.05) is 72.4 Å². The standard InChI is InChI=1S/C30H43N5O3S/c1-24(36)39-23-27(22-32(2)3)35(16-15-25-11-7-5-8-12-25)30(38)31-28(21-26-13-9-6-10-14-26)29(37)34-19-17-33(4)18-20-34/h5-14,27-28H,15-23H2,1-4H3,(H,31,38). The quantitative estimate of drug-likeness (QED) is 0.436.